The van der Waals surface area contributed by atoms with Gasteiger partial charge < -0.3 is 5.73 Å². The fourth-order valence-corrected chi connectivity index (χ4v) is 2.06. The lowest BCUT2D eigenvalue weighted by Gasteiger charge is -2.07. The van der Waals surface area contributed by atoms with Crippen LogP contribution < -0.4 is 11.1 Å². The van der Waals surface area contributed by atoms with Gasteiger partial charge in [0.05, 0.1) is 11.4 Å². The van der Waals surface area contributed by atoms with Gasteiger partial charge in [-0.15, -0.1) is 11.8 Å². The summed E-state index contributed by atoms with van der Waals surface area (Å²) in [6.07, 6.45) is 0. The van der Waals surface area contributed by atoms with Gasteiger partial charge in [0.2, 0.25) is 0 Å². The molecule has 1 heterocycles. The molecule has 4 heteroatoms. The van der Waals surface area contributed by atoms with Crippen LogP contribution in [-0.2, 0) is 4.79 Å². The van der Waals surface area contributed by atoms with Gasteiger partial charge in [-0.05, 0) is 6.92 Å². The van der Waals surface area contributed by atoms with E-state index >= 15 is 0 Å². The Hall–Kier alpha value is -0.0600. The molecule has 0 aromatic rings. The molecule has 1 unspecified atom stereocenters. The maximum Gasteiger partial charge on any atom is 0.147 e. The molecule has 1 rings (SSSR count). The molecule has 58 valence electrons. The number of thioether (sulfide) groups is 1. The number of carbonyl (C=O) groups is 1. The third-order valence-electron chi connectivity index (χ3n) is 1.56. The van der Waals surface area contributed by atoms with Crippen molar-refractivity contribution in [2.45, 2.75) is 18.3 Å². The van der Waals surface area contributed by atoms with Crippen LogP contribution in [0.15, 0.2) is 0 Å². The smallest absolute Gasteiger partial charge is 0.147 e. The topological polar surface area (TPSA) is 55.1 Å². The van der Waals surface area contributed by atoms with E-state index in [1.807, 2.05) is 0 Å². The summed E-state index contributed by atoms with van der Waals surface area (Å²) in [7, 11) is 0. The molecule has 3 nitrogen and oxygen atoms in total. The molecule has 1 fully saturated rings. The maximum absolute atomic E-state index is 10.8. The Balaban J connectivity index is 2.35. The van der Waals surface area contributed by atoms with E-state index in [0.29, 0.717) is 6.54 Å². The number of Topliss-reactive ketones (excluding diaryl/α,β-unsaturated/α-hetero) is 1. The Bertz CT molecular complexity index is 140. The van der Waals surface area contributed by atoms with Gasteiger partial charge in [0.1, 0.15) is 5.78 Å². The van der Waals surface area contributed by atoms with E-state index < -0.39 is 0 Å². The second kappa shape index (κ2) is 3.37. The van der Waals surface area contributed by atoms with Crippen LogP contribution in [0.3, 0.4) is 0 Å². The quantitative estimate of drug-likeness (QED) is 0.575. The summed E-state index contributed by atoms with van der Waals surface area (Å²) in [6, 6.07) is 0.0403. The summed E-state index contributed by atoms with van der Waals surface area (Å²) in [5.41, 5.74) is 5.40. The van der Waals surface area contributed by atoms with Crippen molar-refractivity contribution in [3.63, 3.8) is 0 Å². The molecule has 0 spiro atoms. The number of ketones is 1. The summed E-state index contributed by atoms with van der Waals surface area (Å²) in [5, 5.41) is 3.41. The average molecular weight is 160 g/mol. The van der Waals surface area contributed by atoms with Crippen molar-refractivity contribution in [1.82, 2.24) is 5.32 Å². The summed E-state index contributed by atoms with van der Waals surface area (Å²) in [6.45, 7) is 2.21. The lowest BCUT2D eigenvalue weighted by molar-refractivity contribution is -0.118. The van der Waals surface area contributed by atoms with E-state index in [4.69, 9.17) is 5.73 Å². The van der Waals surface area contributed by atoms with Gasteiger partial charge in [-0.2, -0.15) is 0 Å². The molecule has 1 aliphatic rings. The predicted octanol–water partition coefficient (Wildman–Crippen LogP) is -0.435. The molecule has 1 aliphatic heterocycles. The van der Waals surface area contributed by atoms with Gasteiger partial charge in [0.15, 0.2) is 0 Å². The molecule has 0 aliphatic carbocycles. The number of nitrogens with one attached hydrogen (secondary N) is 1. The Morgan fingerprint density at radius 3 is 2.90 bits per heavy atom. The van der Waals surface area contributed by atoms with Crippen LogP contribution in [0, 0.1) is 0 Å². The second-order valence-electron chi connectivity index (χ2n) is 2.39. The van der Waals surface area contributed by atoms with E-state index in [9.17, 15) is 4.79 Å². The first-order valence-electron chi connectivity index (χ1n) is 3.32. The minimum absolute atomic E-state index is 0.0403. The highest BCUT2D eigenvalue weighted by Gasteiger charge is 2.25. The zero-order chi connectivity index (χ0) is 7.56. The molecule has 10 heavy (non-hydrogen) atoms. The van der Waals surface area contributed by atoms with Crippen molar-refractivity contribution < 1.29 is 4.79 Å². The van der Waals surface area contributed by atoms with Crippen LogP contribution in [0.4, 0.5) is 0 Å². The third kappa shape index (κ3) is 1.71. The van der Waals surface area contributed by atoms with Crippen LogP contribution in [0.25, 0.3) is 0 Å². The van der Waals surface area contributed by atoms with E-state index in [0.717, 1.165) is 5.75 Å². The van der Waals surface area contributed by atoms with E-state index in [-0.39, 0.29) is 17.2 Å². The van der Waals surface area contributed by atoms with Crippen molar-refractivity contribution in [1.29, 1.82) is 0 Å². The highest BCUT2D eigenvalue weighted by atomic mass is 32.2. The van der Waals surface area contributed by atoms with Crippen LogP contribution in [0.2, 0.25) is 0 Å². The molecule has 0 amide bonds. The van der Waals surface area contributed by atoms with E-state index in [2.05, 4.69) is 5.32 Å². The molecule has 0 aromatic heterocycles. The molecular formula is C6H12N2OS. The molecule has 3 N–H and O–H groups in total. The Morgan fingerprint density at radius 2 is 2.60 bits per heavy atom. The lowest BCUT2D eigenvalue weighted by atomic mass is 10.2. The first-order valence-corrected chi connectivity index (χ1v) is 4.37. The van der Waals surface area contributed by atoms with Gasteiger partial charge in [0.25, 0.3) is 0 Å². The number of hydrogen-bond donors (Lipinski definition) is 2. The van der Waals surface area contributed by atoms with Crippen molar-refractivity contribution in [2.24, 2.45) is 5.73 Å². The predicted molar refractivity (Wildman–Crippen MR) is 42.9 cm³/mol. The number of nitrogens with two attached hydrogens (primary N) is 1. The SMILES string of the molecule is CC(=O)[C@H]1CSC(CN)N1. The fraction of sp³-hybridized carbons (Fsp3) is 0.833. The van der Waals surface area contributed by atoms with Crippen LogP contribution in [0.5, 0.6) is 0 Å². The first kappa shape index (κ1) is 8.04. The highest BCUT2D eigenvalue weighted by Crippen LogP contribution is 2.17. The fourth-order valence-electron chi connectivity index (χ4n) is 0.904. The third-order valence-corrected chi connectivity index (χ3v) is 2.81. The van der Waals surface area contributed by atoms with Crippen molar-refractivity contribution in [3.05, 3.63) is 0 Å². The van der Waals surface area contributed by atoms with Gasteiger partial charge in [-0.3, -0.25) is 10.1 Å². The normalized spacial score (nSPS) is 32.6. The minimum Gasteiger partial charge on any atom is -0.328 e. The van der Waals surface area contributed by atoms with Crippen molar-refractivity contribution in [3.8, 4) is 0 Å². The van der Waals surface area contributed by atoms with Crippen LogP contribution in [0.1, 0.15) is 6.92 Å². The maximum atomic E-state index is 10.8. The zero-order valence-electron chi connectivity index (χ0n) is 5.96. The summed E-state index contributed by atoms with van der Waals surface area (Å²) >= 11 is 1.72. The zero-order valence-corrected chi connectivity index (χ0v) is 6.78. The monoisotopic (exact) mass is 160 g/mol. The molecule has 0 radical (unpaired) electrons. The number of hydrogen-bond acceptors (Lipinski definition) is 4. The minimum atomic E-state index is 0.0403. The molecule has 0 bridgehead atoms. The van der Waals surface area contributed by atoms with Crippen molar-refractivity contribution >= 4 is 17.5 Å². The first-order chi connectivity index (χ1) is 4.74. The molecule has 2 atom stereocenters. The van der Waals surface area contributed by atoms with Crippen molar-refractivity contribution in [2.75, 3.05) is 12.3 Å². The summed E-state index contributed by atoms with van der Waals surface area (Å²) < 4.78 is 0. The average Bonchev–Trinajstić information content (AvgIpc) is 2.34. The van der Waals surface area contributed by atoms with Gasteiger partial charge >= 0.3 is 0 Å². The molecular weight excluding hydrogens is 148 g/mol. The Morgan fingerprint density at radius 1 is 1.90 bits per heavy atom. The highest BCUT2D eigenvalue weighted by molar-refractivity contribution is 8.00. The van der Waals surface area contributed by atoms with Gasteiger partial charge in [-0.25, -0.2) is 0 Å². The van der Waals surface area contributed by atoms with E-state index in [1.165, 1.54) is 0 Å². The molecule has 1 saturated heterocycles. The Kier molecular flexibility index (Phi) is 2.71. The number of rotatable bonds is 2. The summed E-state index contributed by atoms with van der Waals surface area (Å²) in [4.78, 5) is 10.8. The van der Waals surface area contributed by atoms with E-state index in [1.54, 1.807) is 18.7 Å². The van der Waals surface area contributed by atoms with Gasteiger partial charge in [-0.1, -0.05) is 0 Å². The largest absolute Gasteiger partial charge is 0.328 e. The van der Waals surface area contributed by atoms with Gasteiger partial charge in [0, 0.05) is 12.3 Å². The number of carbonyl (C=O) groups excluding carboxylic acids is 1. The Labute approximate surface area is 64.7 Å². The van der Waals surface area contributed by atoms with Crippen LogP contribution >= 0.6 is 11.8 Å². The standard InChI is InChI=1S/C6H12N2OS/c1-4(9)5-3-10-6(2-7)8-5/h5-6,8H,2-3,7H2,1H3/t5-,6?/m1/s1. The van der Waals surface area contributed by atoms with Crippen LogP contribution in [-0.4, -0.2) is 29.5 Å². The summed E-state index contributed by atoms with van der Waals surface area (Å²) in [5.74, 6) is 1.08. The molecule has 0 saturated carbocycles. The second-order valence-corrected chi connectivity index (χ2v) is 3.62. The molecule has 0 aromatic carbocycles. The lowest BCUT2D eigenvalue weighted by Crippen LogP contribution is -2.38.